The fourth-order valence-electron chi connectivity index (χ4n) is 4.31. The van der Waals surface area contributed by atoms with Gasteiger partial charge in [-0.05, 0) is 66.2 Å². The van der Waals surface area contributed by atoms with E-state index < -0.39 is 11.8 Å². The first kappa shape index (κ1) is 27.1. The molecular formula is C32H26FN3O5. The lowest BCUT2D eigenvalue weighted by Crippen LogP contribution is -2.11. The lowest BCUT2D eigenvalue weighted by atomic mass is 10.0. The summed E-state index contributed by atoms with van der Waals surface area (Å²) in [6, 6.07) is 27.0. The van der Waals surface area contributed by atoms with Crippen LogP contribution in [0.25, 0.3) is 28.1 Å². The first-order chi connectivity index (χ1) is 19.9. The number of anilines is 1. The second-order valence-corrected chi connectivity index (χ2v) is 9.01. The van der Waals surface area contributed by atoms with E-state index in [1.807, 2.05) is 42.5 Å². The van der Waals surface area contributed by atoms with Gasteiger partial charge in [-0.15, -0.1) is 0 Å². The Morgan fingerprint density at radius 2 is 1.44 bits per heavy atom. The van der Waals surface area contributed by atoms with Gasteiger partial charge in [-0.2, -0.15) is 9.78 Å². The molecule has 1 N–H and O–H groups in total. The normalized spacial score (nSPS) is 10.6. The van der Waals surface area contributed by atoms with E-state index in [1.165, 1.54) is 31.2 Å². The van der Waals surface area contributed by atoms with Crippen LogP contribution in [0.2, 0.25) is 0 Å². The van der Waals surface area contributed by atoms with Crippen LogP contribution >= 0.6 is 0 Å². The Morgan fingerprint density at radius 3 is 2.02 bits per heavy atom. The van der Waals surface area contributed by atoms with E-state index in [-0.39, 0.29) is 11.8 Å². The van der Waals surface area contributed by atoms with Gasteiger partial charge in [0.05, 0.1) is 25.5 Å². The molecule has 0 atom stereocenters. The fourth-order valence-corrected chi connectivity index (χ4v) is 4.31. The van der Waals surface area contributed by atoms with Gasteiger partial charge in [0.25, 0.3) is 5.91 Å². The van der Waals surface area contributed by atoms with Crippen molar-refractivity contribution in [2.75, 3.05) is 19.5 Å². The summed E-state index contributed by atoms with van der Waals surface area (Å²) in [7, 11) is 3.12. The van der Waals surface area contributed by atoms with Crippen molar-refractivity contribution in [3.8, 4) is 45.5 Å². The molecule has 0 saturated carbocycles. The van der Waals surface area contributed by atoms with E-state index in [2.05, 4.69) is 5.32 Å². The van der Waals surface area contributed by atoms with E-state index in [9.17, 15) is 14.0 Å². The molecule has 5 rings (SSSR count). The van der Waals surface area contributed by atoms with Crippen LogP contribution in [0, 0.1) is 5.82 Å². The number of carbonyl (C=O) groups is 2. The largest absolute Gasteiger partial charge is 0.497 e. The predicted octanol–water partition coefficient (Wildman–Crippen LogP) is 6.54. The van der Waals surface area contributed by atoms with E-state index in [1.54, 1.807) is 49.2 Å². The molecule has 0 aliphatic heterocycles. The number of benzene rings is 4. The zero-order valence-electron chi connectivity index (χ0n) is 22.6. The van der Waals surface area contributed by atoms with Gasteiger partial charge in [-0.25, -0.2) is 4.39 Å². The molecule has 0 unspecified atom stereocenters. The minimum absolute atomic E-state index is 0.226. The van der Waals surface area contributed by atoms with E-state index >= 15 is 0 Å². The first-order valence-electron chi connectivity index (χ1n) is 12.6. The Hall–Kier alpha value is -5.44. The number of halogens is 1. The summed E-state index contributed by atoms with van der Waals surface area (Å²) < 4.78 is 31.6. The molecule has 0 radical (unpaired) electrons. The molecule has 0 aliphatic rings. The Balaban J connectivity index is 1.63. The topological polar surface area (TPSA) is 91.7 Å². The highest BCUT2D eigenvalue weighted by Crippen LogP contribution is 2.43. The minimum Gasteiger partial charge on any atom is -0.497 e. The molecule has 1 amide bonds. The van der Waals surface area contributed by atoms with Gasteiger partial charge in [0.1, 0.15) is 23.0 Å². The summed E-state index contributed by atoms with van der Waals surface area (Å²) in [5.41, 5.74) is 3.96. The molecule has 0 aliphatic carbocycles. The Labute approximate surface area is 235 Å². The minimum atomic E-state index is -0.513. The third kappa shape index (κ3) is 5.94. The summed E-state index contributed by atoms with van der Waals surface area (Å²) in [5.74, 6) is 0.0409. The smallest absolute Gasteiger partial charge is 0.309 e. The second kappa shape index (κ2) is 11.7. The van der Waals surface area contributed by atoms with Gasteiger partial charge in [0.2, 0.25) is 5.88 Å². The van der Waals surface area contributed by atoms with Gasteiger partial charge in [-0.3, -0.25) is 9.59 Å². The SMILES string of the molecule is COc1cc(OC)cc(-c2nn(-c3ccccc3)c(OC(C)=O)c2-c2ccc(NC(=O)c3ccc(F)cc3)cc2)c1. The van der Waals surface area contributed by atoms with Gasteiger partial charge in [0, 0.05) is 29.8 Å². The Bertz CT molecular complexity index is 1680. The average Bonchev–Trinajstić information content (AvgIpc) is 3.36. The molecule has 1 aromatic heterocycles. The molecule has 1 heterocycles. The van der Waals surface area contributed by atoms with Crippen LogP contribution in [0.5, 0.6) is 17.4 Å². The molecule has 9 heteroatoms. The first-order valence-corrected chi connectivity index (χ1v) is 12.6. The third-order valence-corrected chi connectivity index (χ3v) is 6.25. The average molecular weight is 552 g/mol. The molecule has 206 valence electrons. The third-order valence-electron chi connectivity index (χ3n) is 6.25. The molecular weight excluding hydrogens is 525 g/mol. The highest BCUT2D eigenvalue weighted by molar-refractivity contribution is 6.04. The van der Waals surface area contributed by atoms with Crippen molar-refractivity contribution < 1.29 is 28.2 Å². The maximum absolute atomic E-state index is 13.3. The van der Waals surface area contributed by atoms with E-state index in [4.69, 9.17) is 19.3 Å². The number of rotatable bonds is 8. The van der Waals surface area contributed by atoms with Crippen molar-refractivity contribution in [2.45, 2.75) is 6.92 Å². The van der Waals surface area contributed by atoms with Crippen molar-refractivity contribution in [1.82, 2.24) is 9.78 Å². The Kier molecular flexibility index (Phi) is 7.78. The van der Waals surface area contributed by atoms with Crippen LogP contribution in [0.3, 0.4) is 0 Å². The van der Waals surface area contributed by atoms with Crippen LogP contribution in [0.15, 0.2) is 97.1 Å². The highest BCUT2D eigenvalue weighted by Gasteiger charge is 2.25. The zero-order valence-corrected chi connectivity index (χ0v) is 22.6. The zero-order chi connectivity index (χ0) is 28.9. The van der Waals surface area contributed by atoms with Gasteiger partial charge in [0.15, 0.2) is 0 Å². The summed E-state index contributed by atoms with van der Waals surface area (Å²) in [6.07, 6.45) is 0. The van der Waals surface area contributed by atoms with Crippen molar-refractivity contribution in [2.24, 2.45) is 0 Å². The van der Waals surface area contributed by atoms with Gasteiger partial charge < -0.3 is 19.5 Å². The lowest BCUT2D eigenvalue weighted by molar-refractivity contribution is -0.132. The van der Waals surface area contributed by atoms with E-state index in [0.29, 0.717) is 50.8 Å². The number of hydrogen-bond donors (Lipinski definition) is 1. The standard InChI is InChI=1S/C32H26FN3O5/c1-20(37)41-32-29(21-11-15-25(16-12-21)34-31(38)22-9-13-24(33)14-10-22)30(35-36(32)26-7-5-4-6-8-26)23-17-27(39-2)19-28(18-23)40-3/h4-19H,1-3H3,(H,34,38). The lowest BCUT2D eigenvalue weighted by Gasteiger charge is -2.11. The molecule has 8 nitrogen and oxygen atoms in total. The number of ether oxygens (including phenoxy) is 3. The summed E-state index contributed by atoms with van der Waals surface area (Å²) in [4.78, 5) is 24.9. The van der Waals surface area contributed by atoms with Crippen LogP contribution in [0.4, 0.5) is 10.1 Å². The number of methoxy groups -OCH3 is 2. The van der Waals surface area contributed by atoms with Crippen LogP contribution in [0.1, 0.15) is 17.3 Å². The number of amides is 1. The molecule has 0 spiro atoms. The second-order valence-electron chi connectivity index (χ2n) is 9.01. The van der Waals surface area contributed by atoms with Crippen molar-refractivity contribution in [3.05, 3.63) is 108 Å². The highest BCUT2D eigenvalue weighted by atomic mass is 19.1. The monoisotopic (exact) mass is 551 g/mol. The number of para-hydroxylation sites is 1. The number of aromatic nitrogens is 2. The van der Waals surface area contributed by atoms with Crippen LogP contribution in [-0.4, -0.2) is 35.9 Å². The Morgan fingerprint density at radius 1 is 0.805 bits per heavy atom. The molecule has 4 aromatic carbocycles. The number of nitrogens with zero attached hydrogens (tertiary/aromatic N) is 2. The summed E-state index contributed by atoms with van der Waals surface area (Å²) in [5, 5.41) is 7.69. The number of hydrogen-bond acceptors (Lipinski definition) is 6. The summed E-state index contributed by atoms with van der Waals surface area (Å²) in [6.45, 7) is 1.33. The molecule has 0 fully saturated rings. The maximum Gasteiger partial charge on any atom is 0.309 e. The van der Waals surface area contributed by atoms with Gasteiger partial charge >= 0.3 is 5.97 Å². The predicted molar refractivity (Wildman–Crippen MR) is 153 cm³/mol. The number of nitrogens with one attached hydrogen (secondary N) is 1. The van der Waals surface area contributed by atoms with Crippen LogP contribution in [-0.2, 0) is 4.79 Å². The summed E-state index contributed by atoms with van der Waals surface area (Å²) >= 11 is 0. The van der Waals surface area contributed by atoms with Crippen LogP contribution < -0.4 is 19.5 Å². The molecule has 0 bridgehead atoms. The van der Waals surface area contributed by atoms with Crippen molar-refractivity contribution in [1.29, 1.82) is 0 Å². The van der Waals surface area contributed by atoms with Crippen molar-refractivity contribution in [3.63, 3.8) is 0 Å². The molecule has 5 aromatic rings. The fraction of sp³-hybridized carbons (Fsp3) is 0.0938. The molecule has 0 saturated heterocycles. The number of esters is 1. The number of carbonyl (C=O) groups excluding carboxylic acids is 2. The maximum atomic E-state index is 13.3. The molecule has 41 heavy (non-hydrogen) atoms. The quantitative estimate of drug-likeness (QED) is 0.220. The van der Waals surface area contributed by atoms with Crippen molar-refractivity contribution >= 4 is 17.6 Å². The van der Waals surface area contributed by atoms with E-state index in [0.717, 1.165) is 0 Å². The van der Waals surface area contributed by atoms with Gasteiger partial charge in [-0.1, -0.05) is 30.3 Å².